The van der Waals surface area contributed by atoms with Crippen LogP contribution >= 0.6 is 0 Å². The summed E-state index contributed by atoms with van der Waals surface area (Å²) in [5, 5.41) is 2.99. The predicted octanol–water partition coefficient (Wildman–Crippen LogP) is 2.31. The van der Waals surface area contributed by atoms with Crippen molar-refractivity contribution in [2.45, 2.75) is 38.8 Å². The number of nitrogens with one attached hydrogen (secondary N) is 1. The summed E-state index contributed by atoms with van der Waals surface area (Å²) >= 11 is 0. The van der Waals surface area contributed by atoms with Crippen LogP contribution in [0.4, 0.5) is 0 Å². The first-order valence-electron chi connectivity index (χ1n) is 8.98. The molecule has 0 aromatic heterocycles. The van der Waals surface area contributed by atoms with Gasteiger partial charge in [-0.2, -0.15) is 0 Å². The molecule has 0 unspecified atom stereocenters. The zero-order valence-corrected chi connectivity index (χ0v) is 14.7. The van der Waals surface area contributed by atoms with Gasteiger partial charge in [0.1, 0.15) is 5.75 Å². The van der Waals surface area contributed by atoms with Gasteiger partial charge in [0.25, 0.3) is 5.91 Å². The number of benzene rings is 1. The molecule has 0 saturated carbocycles. The molecule has 2 atom stereocenters. The molecule has 1 amide bonds. The highest BCUT2D eigenvalue weighted by Crippen LogP contribution is 2.22. The summed E-state index contributed by atoms with van der Waals surface area (Å²) in [4.78, 5) is 14.9. The third kappa shape index (κ3) is 4.48. The second-order valence-corrected chi connectivity index (χ2v) is 7.19. The van der Waals surface area contributed by atoms with E-state index in [-0.39, 0.29) is 12.0 Å². The van der Waals surface area contributed by atoms with Crippen molar-refractivity contribution >= 4 is 5.91 Å². The molecule has 2 heterocycles. The third-order valence-corrected chi connectivity index (χ3v) is 4.63. The molecule has 5 nitrogen and oxygen atoms in total. The van der Waals surface area contributed by atoms with Gasteiger partial charge in [-0.1, -0.05) is 19.9 Å². The van der Waals surface area contributed by atoms with Crippen LogP contribution in [-0.2, 0) is 4.74 Å². The molecule has 5 heteroatoms. The Morgan fingerprint density at radius 3 is 3.17 bits per heavy atom. The fraction of sp³-hybridized carbons (Fsp3) is 0.632. The monoisotopic (exact) mass is 332 g/mol. The first-order chi connectivity index (χ1) is 11.6. The maximum absolute atomic E-state index is 12.4. The van der Waals surface area contributed by atoms with E-state index in [2.05, 4.69) is 24.1 Å². The van der Waals surface area contributed by atoms with Crippen molar-refractivity contribution in [3.05, 3.63) is 29.8 Å². The Morgan fingerprint density at radius 2 is 2.33 bits per heavy atom. The normalized spacial score (nSPS) is 24.0. The molecule has 0 spiro atoms. The molecule has 0 aliphatic carbocycles. The summed E-state index contributed by atoms with van der Waals surface area (Å²) in [7, 11) is 0. The number of fused-ring (bicyclic) bond motifs is 1. The van der Waals surface area contributed by atoms with Gasteiger partial charge in [0.2, 0.25) is 0 Å². The number of amides is 1. The lowest BCUT2D eigenvalue weighted by molar-refractivity contribution is -0.0461. The van der Waals surface area contributed by atoms with Crippen molar-refractivity contribution in [2.24, 2.45) is 5.92 Å². The van der Waals surface area contributed by atoms with Crippen molar-refractivity contribution in [1.29, 1.82) is 0 Å². The minimum Gasteiger partial charge on any atom is -0.493 e. The number of rotatable bonds is 6. The van der Waals surface area contributed by atoms with Crippen LogP contribution in [-0.4, -0.2) is 55.8 Å². The maximum Gasteiger partial charge on any atom is 0.251 e. The Kier molecular flexibility index (Phi) is 5.74. The van der Waals surface area contributed by atoms with Crippen molar-refractivity contribution < 1.29 is 14.3 Å². The van der Waals surface area contributed by atoms with Gasteiger partial charge >= 0.3 is 0 Å². The number of carbonyl (C=O) groups is 1. The smallest absolute Gasteiger partial charge is 0.251 e. The van der Waals surface area contributed by atoms with E-state index < -0.39 is 0 Å². The highest BCUT2D eigenvalue weighted by Gasteiger charge is 2.32. The van der Waals surface area contributed by atoms with E-state index in [0.717, 1.165) is 25.4 Å². The molecule has 24 heavy (non-hydrogen) atoms. The van der Waals surface area contributed by atoms with Crippen LogP contribution in [0.25, 0.3) is 0 Å². The molecule has 2 aliphatic rings. The highest BCUT2D eigenvalue weighted by atomic mass is 16.5. The van der Waals surface area contributed by atoms with Crippen LogP contribution in [0, 0.1) is 5.92 Å². The Bertz CT molecular complexity index is 561. The Morgan fingerprint density at radius 1 is 1.46 bits per heavy atom. The molecular weight excluding hydrogens is 304 g/mol. The van der Waals surface area contributed by atoms with Crippen LogP contribution in [0.3, 0.4) is 0 Å². The summed E-state index contributed by atoms with van der Waals surface area (Å²) < 4.78 is 11.6. The van der Waals surface area contributed by atoms with Crippen LogP contribution in [0.5, 0.6) is 5.75 Å². The van der Waals surface area contributed by atoms with Gasteiger partial charge < -0.3 is 14.8 Å². The zero-order chi connectivity index (χ0) is 16.9. The minimum absolute atomic E-state index is 0.0721. The van der Waals surface area contributed by atoms with E-state index in [0.29, 0.717) is 30.7 Å². The summed E-state index contributed by atoms with van der Waals surface area (Å²) in [6.07, 6.45) is 2.59. The largest absolute Gasteiger partial charge is 0.493 e. The molecule has 0 radical (unpaired) electrons. The molecular formula is C19H28N2O3. The number of ether oxygens (including phenoxy) is 2. The number of morpholine rings is 1. The minimum atomic E-state index is -0.0721. The lowest BCUT2D eigenvalue weighted by Crippen LogP contribution is -2.50. The number of hydrogen-bond donors (Lipinski definition) is 1. The van der Waals surface area contributed by atoms with E-state index in [1.165, 1.54) is 12.8 Å². The fourth-order valence-corrected chi connectivity index (χ4v) is 3.31. The van der Waals surface area contributed by atoms with Crippen LogP contribution in [0.2, 0.25) is 0 Å². The van der Waals surface area contributed by atoms with Crippen molar-refractivity contribution in [3.8, 4) is 5.75 Å². The molecule has 3 rings (SSSR count). The van der Waals surface area contributed by atoms with E-state index >= 15 is 0 Å². The Labute approximate surface area is 144 Å². The van der Waals surface area contributed by atoms with Gasteiger partial charge in [0.05, 0.1) is 19.3 Å². The van der Waals surface area contributed by atoms with E-state index in [1.54, 1.807) is 6.07 Å². The van der Waals surface area contributed by atoms with Gasteiger partial charge in [0, 0.05) is 24.7 Å². The van der Waals surface area contributed by atoms with Crippen molar-refractivity contribution in [2.75, 3.05) is 32.8 Å². The van der Waals surface area contributed by atoms with Gasteiger partial charge in [0.15, 0.2) is 0 Å². The zero-order valence-electron chi connectivity index (χ0n) is 14.7. The van der Waals surface area contributed by atoms with Crippen LogP contribution in [0.1, 0.15) is 37.0 Å². The average Bonchev–Trinajstić information content (AvgIpc) is 3.06. The predicted molar refractivity (Wildman–Crippen MR) is 93.4 cm³/mol. The molecule has 0 bridgehead atoms. The summed E-state index contributed by atoms with van der Waals surface area (Å²) in [6, 6.07) is 7.95. The SMILES string of the molecule is CC(C)COc1cccc(C(=O)NC[C@@H]2CN3CCC[C@@H]3CO2)c1. The first-order valence-corrected chi connectivity index (χ1v) is 8.98. The molecule has 1 N–H and O–H groups in total. The van der Waals surface area contributed by atoms with Crippen molar-refractivity contribution in [3.63, 3.8) is 0 Å². The quantitative estimate of drug-likeness (QED) is 0.868. The summed E-state index contributed by atoms with van der Waals surface area (Å²) in [5.74, 6) is 1.13. The third-order valence-electron chi connectivity index (χ3n) is 4.63. The number of nitrogens with zero attached hydrogens (tertiary/aromatic N) is 1. The van der Waals surface area contributed by atoms with Crippen LogP contribution in [0.15, 0.2) is 24.3 Å². The highest BCUT2D eigenvalue weighted by molar-refractivity contribution is 5.94. The molecule has 2 fully saturated rings. The van der Waals surface area contributed by atoms with Gasteiger partial charge in [-0.15, -0.1) is 0 Å². The van der Waals surface area contributed by atoms with Gasteiger partial charge in [-0.3, -0.25) is 9.69 Å². The van der Waals surface area contributed by atoms with Crippen LogP contribution < -0.4 is 10.1 Å². The molecule has 132 valence electrons. The lowest BCUT2D eigenvalue weighted by atomic mass is 10.1. The lowest BCUT2D eigenvalue weighted by Gasteiger charge is -2.35. The summed E-state index contributed by atoms with van der Waals surface area (Å²) in [5.41, 5.74) is 0.631. The number of hydrogen-bond acceptors (Lipinski definition) is 4. The Balaban J connectivity index is 1.49. The Hall–Kier alpha value is -1.59. The average molecular weight is 332 g/mol. The summed E-state index contributed by atoms with van der Waals surface area (Å²) in [6.45, 7) is 8.28. The van der Waals surface area contributed by atoms with Gasteiger partial charge in [-0.25, -0.2) is 0 Å². The second kappa shape index (κ2) is 7.99. The van der Waals surface area contributed by atoms with Crippen molar-refractivity contribution in [1.82, 2.24) is 10.2 Å². The molecule has 2 aliphatic heterocycles. The number of carbonyl (C=O) groups excluding carboxylic acids is 1. The topological polar surface area (TPSA) is 50.8 Å². The standard InChI is InChI=1S/C19H28N2O3/c1-14(2)12-23-17-7-3-5-15(9-17)19(22)20-10-18-11-21-8-4-6-16(21)13-24-18/h3,5,7,9,14,16,18H,4,6,8,10-13H2,1-2H3,(H,20,22)/t16-,18-/m1/s1. The molecule has 1 aromatic rings. The fourth-order valence-electron chi connectivity index (χ4n) is 3.31. The van der Waals surface area contributed by atoms with E-state index in [1.807, 2.05) is 18.2 Å². The van der Waals surface area contributed by atoms with E-state index in [4.69, 9.17) is 9.47 Å². The first kappa shape index (κ1) is 17.2. The second-order valence-electron chi connectivity index (χ2n) is 7.19. The maximum atomic E-state index is 12.4. The van der Waals surface area contributed by atoms with E-state index in [9.17, 15) is 4.79 Å². The van der Waals surface area contributed by atoms with Gasteiger partial charge in [-0.05, 0) is 43.5 Å². The molecule has 1 aromatic carbocycles. The molecule has 2 saturated heterocycles.